The maximum atomic E-state index is 10.2. The summed E-state index contributed by atoms with van der Waals surface area (Å²) in [5.41, 5.74) is 1.94. The Bertz CT molecular complexity index is 396. The molecule has 0 saturated heterocycles. The van der Waals surface area contributed by atoms with Crippen LogP contribution in [0, 0.1) is 0 Å². The summed E-state index contributed by atoms with van der Waals surface area (Å²) in [5, 5.41) is 13.3. The first-order valence-corrected chi connectivity index (χ1v) is 6.80. The molecule has 0 bridgehead atoms. The molecule has 0 radical (unpaired) electrons. The second-order valence-corrected chi connectivity index (χ2v) is 4.84. The summed E-state index contributed by atoms with van der Waals surface area (Å²) in [6.45, 7) is 7.80. The topological polar surface area (TPSA) is 44.7 Å². The van der Waals surface area contributed by atoms with Gasteiger partial charge in [0, 0.05) is 43.1 Å². The third kappa shape index (κ3) is 3.85. The molecule has 1 rings (SSSR count). The number of aromatic hydroxyl groups is 1. The number of likely N-dealkylation sites (N-methyl/N-ethyl adjacent to an activating group) is 1. The van der Waals surface area contributed by atoms with E-state index in [-0.39, 0.29) is 12.1 Å². The molecule has 4 nitrogen and oxygen atoms in total. The zero-order valence-electron chi connectivity index (χ0n) is 12.6. The summed E-state index contributed by atoms with van der Waals surface area (Å²) in [6.07, 6.45) is 0. The van der Waals surface area contributed by atoms with Crippen molar-refractivity contribution >= 4 is 5.69 Å². The minimum absolute atomic E-state index is 0.139. The van der Waals surface area contributed by atoms with E-state index in [1.165, 1.54) is 0 Å². The van der Waals surface area contributed by atoms with Crippen molar-refractivity contribution in [2.75, 3.05) is 32.2 Å². The number of anilines is 1. The van der Waals surface area contributed by atoms with Crippen molar-refractivity contribution in [3.63, 3.8) is 0 Å². The van der Waals surface area contributed by atoms with Gasteiger partial charge in [0.15, 0.2) is 0 Å². The first-order valence-electron chi connectivity index (χ1n) is 6.80. The quantitative estimate of drug-likeness (QED) is 0.796. The largest absolute Gasteiger partial charge is 0.508 e. The molecule has 0 amide bonds. The van der Waals surface area contributed by atoms with Crippen LogP contribution < -0.4 is 10.2 Å². The first-order chi connectivity index (χ1) is 9.04. The Kier molecular flexibility index (Phi) is 6.12. The lowest BCUT2D eigenvalue weighted by Crippen LogP contribution is -2.36. The average Bonchev–Trinajstić information content (AvgIpc) is 2.39. The molecule has 19 heavy (non-hydrogen) atoms. The van der Waals surface area contributed by atoms with Gasteiger partial charge in [0.1, 0.15) is 5.75 Å². The Hall–Kier alpha value is -1.26. The van der Waals surface area contributed by atoms with Gasteiger partial charge < -0.3 is 20.1 Å². The van der Waals surface area contributed by atoms with E-state index in [2.05, 4.69) is 30.1 Å². The van der Waals surface area contributed by atoms with Gasteiger partial charge >= 0.3 is 0 Å². The van der Waals surface area contributed by atoms with Crippen molar-refractivity contribution in [3.05, 3.63) is 23.8 Å². The standard InChI is InChI=1S/C15H26N2O2/c1-6-17(11(2)10-19-5)13-7-8-14(12(3)16-4)15(18)9-13/h7-9,11-12,16,18H,6,10H2,1-5H3. The fourth-order valence-corrected chi connectivity index (χ4v) is 2.31. The molecule has 2 unspecified atom stereocenters. The number of hydrogen-bond donors (Lipinski definition) is 2. The van der Waals surface area contributed by atoms with Gasteiger partial charge in [-0.2, -0.15) is 0 Å². The molecule has 4 heteroatoms. The maximum Gasteiger partial charge on any atom is 0.122 e. The van der Waals surface area contributed by atoms with Crippen LogP contribution in [0.2, 0.25) is 0 Å². The Morgan fingerprint density at radius 1 is 1.37 bits per heavy atom. The minimum atomic E-state index is 0.139. The number of nitrogens with one attached hydrogen (secondary N) is 1. The van der Waals surface area contributed by atoms with Crippen LogP contribution in [-0.4, -0.2) is 38.5 Å². The molecule has 0 aliphatic carbocycles. The molecule has 0 aromatic heterocycles. The van der Waals surface area contributed by atoms with Gasteiger partial charge in [0.25, 0.3) is 0 Å². The highest BCUT2D eigenvalue weighted by molar-refractivity contribution is 5.54. The Labute approximate surface area is 116 Å². The van der Waals surface area contributed by atoms with Crippen LogP contribution in [0.15, 0.2) is 18.2 Å². The van der Waals surface area contributed by atoms with Crippen LogP contribution in [0.1, 0.15) is 32.4 Å². The summed E-state index contributed by atoms with van der Waals surface area (Å²) >= 11 is 0. The Morgan fingerprint density at radius 2 is 2.05 bits per heavy atom. The molecule has 1 aromatic carbocycles. The normalized spacial score (nSPS) is 14.2. The zero-order valence-corrected chi connectivity index (χ0v) is 12.6. The fraction of sp³-hybridized carbons (Fsp3) is 0.600. The van der Waals surface area contributed by atoms with Crippen molar-refractivity contribution < 1.29 is 9.84 Å². The van der Waals surface area contributed by atoms with Crippen LogP contribution in [0.3, 0.4) is 0 Å². The zero-order chi connectivity index (χ0) is 14.4. The molecular weight excluding hydrogens is 240 g/mol. The third-order valence-electron chi connectivity index (χ3n) is 3.53. The van der Waals surface area contributed by atoms with Crippen molar-refractivity contribution in [3.8, 4) is 5.75 Å². The van der Waals surface area contributed by atoms with Gasteiger partial charge in [-0.3, -0.25) is 0 Å². The summed E-state index contributed by atoms with van der Waals surface area (Å²) in [5.74, 6) is 0.336. The predicted molar refractivity (Wildman–Crippen MR) is 79.9 cm³/mol. The lowest BCUT2D eigenvalue weighted by atomic mass is 10.1. The van der Waals surface area contributed by atoms with E-state index in [9.17, 15) is 5.11 Å². The number of methoxy groups -OCH3 is 1. The molecule has 0 aliphatic heterocycles. The van der Waals surface area contributed by atoms with E-state index in [0.29, 0.717) is 12.4 Å². The van der Waals surface area contributed by atoms with E-state index in [1.54, 1.807) is 7.11 Å². The second kappa shape index (κ2) is 7.36. The number of ether oxygens (including phenoxy) is 1. The van der Waals surface area contributed by atoms with E-state index in [0.717, 1.165) is 17.8 Å². The smallest absolute Gasteiger partial charge is 0.122 e. The van der Waals surface area contributed by atoms with Crippen molar-refractivity contribution in [2.45, 2.75) is 32.9 Å². The van der Waals surface area contributed by atoms with Crippen LogP contribution in [0.4, 0.5) is 5.69 Å². The number of phenols is 1. The highest BCUT2D eigenvalue weighted by atomic mass is 16.5. The average molecular weight is 266 g/mol. The highest BCUT2D eigenvalue weighted by Gasteiger charge is 2.15. The van der Waals surface area contributed by atoms with E-state index in [4.69, 9.17) is 4.74 Å². The molecule has 2 atom stereocenters. The Balaban J connectivity index is 2.97. The molecule has 2 N–H and O–H groups in total. The number of hydrogen-bond acceptors (Lipinski definition) is 4. The van der Waals surface area contributed by atoms with Crippen LogP contribution >= 0.6 is 0 Å². The molecule has 1 aromatic rings. The molecule has 0 heterocycles. The van der Waals surface area contributed by atoms with Crippen molar-refractivity contribution in [2.24, 2.45) is 0 Å². The number of rotatable bonds is 7. The van der Waals surface area contributed by atoms with Gasteiger partial charge in [-0.05, 0) is 33.9 Å². The maximum absolute atomic E-state index is 10.2. The molecule has 0 fully saturated rings. The first kappa shape index (κ1) is 15.8. The molecule has 0 saturated carbocycles. The van der Waals surface area contributed by atoms with E-state index < -0.39 is 0 Å². The van der Waals surface area contributed by atoms with Crippen LogP contribution in [0.5, 0.6) is 5.75 Å². The van der Waals surface area contributed by atoms with E-state index in [1.807, 2.05) is 26.1 Å². The van der Waals surface area contributed by atoms with E-state index >= 15 is 0 Å². The monoisotopic (exact) mass is 266 g/mol. The number of benzene rings is 1. The summed E-state index contributed by atoms with van der Waals surface area (Å²) < 4.78 is 5.20. The summed E-state index contributed by atoms with van der Waals surface area (Å²) in [6, 6.07) is 6.29. The minimum Gasteiger partial charge on any atom is -0.508 e. The molecular formula is C15H26N2O2. The lowest BCUT2D eigenvalue weighted by molar-refractivity contribution is 0.182. The fourth-order valence-electron chi connectivity index (χ4n) is 2.31. The SMILES string of the molecule is CCN(c1ccc(C(C)NC)c(O)c1)C(C)COC. The summed E-state index contributed by atoms with van der Waals surface area (Å²) in [4.78, 5) is 2.22. The van der Waals surface area contributed by atoms with Gasteiger partial charge in [0.05, 0.1) is 6.61 Å². The lowest BCUT2D eigenvalue weighted by Gasteiger charge is -2.30. The number of nitrogens with zero attached hydrogens (tertiary/aromatic N) is 1. The molecule has 108 valence electrons. The third-order valence-corrected chi connectivity index (χ3v) is 3.53. The van der Waals surface area contributed by atoms with Crippen molar-refractivity contribution in [1.82, 2.24) is 5.32 Å². The van der Waals surface area contributed by atoms with Gasteiger partial charge in [0.2, 0.25) is 0 Å². The van der Waals surface area contributed by atoms with Gasteiger partial charge in [-0.1, -0.05) is 6.07 Å². The molecule has 0 aliphatic rings. The van der Waals surface area contributed by atoms with Gasteiger partial charge in [-0.25, -0.2) is 0 Å². The highest BCUT2D eigenvalue weighted by Crippen LogP contribution is 2.29. The second-order valence-electron chi connectivity index (χ2n) is 4.84. The summed E-state index contributed by atoms with van der Waals surface area (Å²) in [7, 11) is 3.59. The van der Waals surface area contributed by atoms with Crippen LogP contribution in [-0.2, 0) is 4.74 Å². The number of phenolic OH excluding ortho intramolecular Hbond substituents is 1. The van der Waals surface area contributed by atoms with Crippen molar-refractivity contribution in [1.29, 1.82) is 0 Å². The van der Waals surface area contributed by atoms with Gasteiger partial charge in [-0.15, -0.1) is 0 Å². The van der Waals surface area contributed by atoms with Crippen LogP contribution in [0.25, 0.3) is 0 Å². The molecule has 0 spiro atoms. The Morgan fingerprint density at radius 3 is 2.53 bits per heavy atom. The predicted octanol–water partition coefficient (Wildman–Crippen LogP) is 2.53.